The van der Waals surface area contributed by atoms with E-state index in [9.17, 15) is 14.3 Å². The van der Waals surface area contributed by atoms with Crippen molar-refractivity contribution in [2.24, 2.45) is 29.1 Å². The molecule has 5 aliphatic rings. The molecule has 0 aromatic heterocycles. The van der Waals surface area contributed by atoms with Crippen LogP contribution in [0, 0.1) is 34.9 Å². The van der Waals surface area contributed by atoms with Gasteiger partial charge in [0, 0.05) is 13.1 Å². The minimum Gasteiger partial charge on any atom is -0.389 e. The average Bonchev–Trinajstić information content (AvgIpc) is 3.23. The zero-order valence-corrected chi connectivity index (χ0v) is 13.1. The van der Waals surface area contributed by atoms with Gasteiger partial charge in [0.1, 0.15) is 5.82 Å². The lowest BCUT2D eigenvalue weighted by molar-refractivity contribution is -0.157. The zero-order valence-electron chi connectivity index (χ0n) is 13.1. The summed E-state index contributed by atoms with van der Waals surface area (Å²) in [4.78, 5) is 15.2. The summed E-state index contributed by atoms with van der Waals surface area (Å²) in [5, 5.41) is 9.59. The topological polar surface area (TPSA) is 40.5 Å². The van der Waals surface area contributed by atoms with Crippen LogP contribution in [-0.4, -0.2) is 35.1 Å². The van der Waals surface area contributed by atoms with Crippen molar-refractivity contribution < 1.29 is 14.3 Å². The van der Waals surface area contributed by atoms with E-state index in [-0.39, 0.29) is 23.2 Å². The van der Waals surface area contributed by atoms with Crippen molar-refractivity contribution in [3.63, 3.8) is 0 Å². The third-order valence-corrected chi connectivity index (χ3v) is 7.14. The molecule has 6 rings (SSSR count). The molecule has 3 nitrogen and oxygen atoms in total. The molecular weight excluding hydrogens is 293 g/mol. The van der Waals surface area contributed by atoms with Gasteiger partial charge in [-0.2, -0.15) is 0 Å². The molecule has 1 aliphatic heterocycles. The van der Waals surface area contributed by atoms with E-state index in [4.69, 9.17) is 0 Å². The third kappa shape index (κ3) is 1.76. The lowest BCUT2D eigenvalue weighted by Crippen LogP contribution is -2.60. The molecule has 1 N–H and O–H groups in total. The Balaban J connectivity index is 1.50. The van der Waals surface area contributed by atoms with Crippen molar-refractivity contribution in [1.82, 2.24) is 4.90 Å². The minimum atomic E-state index is -0.351. The second-order valence-corrected chi connectivity index (χ2v) is 8.15. The molecule has 4 aliphatic carbocycles. The van der Waals surface area contributed by atoms with Crippen LogP contribution >= 0.6 is 0 Å². The molecule has 4 bridgehead atoms. The van der Waals surface area contributed by atoms with Crippen LogP contribution in [0.4, 0.5) is 4.39 Å². The van der Waals surface area contributed by atoms with Gasteiger partial charge in [-0.25, -0.2) is 4.39 Å². The summed E-state index contributed by atoms with van der Waals surface area (Å²) >= 11 is 0. The van der Waals surface area contributed by atoms with Crippen LogP contribution in [0.1, 0.15) is 24.8 Å². The number of hydrogen-bond acceptors (Lipinski definition) is 2. The van der Waals surface area contributed by atoms with Crippen molar-refractivity contribution in [1.29, 1.82) is 0 Å². The number of carbonyl (C=O) groups excluding carboxylic acids is 1. The Hall–Kier alpha value is -1.42. The number of halogens is 1. The first-order valence-corrected chi connectivity index (χ1v) is 8.80. The van der Waals surface area contributed by atoms with E-state index in [1.807, 2.05) is 17.0 Å². The molecule has 4 heteroatoms. The van der Waals surface area contributed by atoms with Gasteiger partial charge in [-0.1, -0.05) is 12.1 Å². The Morgan fingerprint density at radius 1 is 1.13 bits per heavy atom. The summed E-state index contributed by atoms with van der Waals surface area (Å²) < 4.78 is 13.2. The fraction of sp³-hybridized carbons (Fsp3) is 0.632. The highest BCUT2D eigenvalue weighted by Crippen LogP contribution is 2.72. The van der Waals surface area contributed by atoms with E-state index in [1.165, 1.54) is 31.4 Å². The number of likely N-dealkylation sites (tertiary alicyclic amines) is 1. The van der Waals surface area contributed by atoms with E-state index in [0.717, 1.165) is 12.0 Å². The highest BCUT2D eigenvalue weighted by molar-refractivity contribution is 5.86. The SMILES string of the molecule is O=C(N1CC(O)C1)C1(Cc2ccc(F)cc2)C2CC3CC2CC31. The van der Waals surface area contributed by atoms with E-state index in [1.54, 1.807) is 0 Å². The van der Waals surface area contributed by atoms with Crippen molar-refractivity contribution >= 4 is 5.91 Å². The summed E-state index contributed by atoms with van der Waals surface area (Å²) in [5.74, 6) is 2.44. The monoisotopic (exact) mass is 315 g/mol. The lowest BCUT2D eigenvalue weighted by Gasteiger charge is -2.45. The Bertz CT molecular complexity index is 636. The molecule has 1 aromatic carbocycles. The number of aliphatic hydroxyl groups is 1. The van der Waals surface area contributed by atoms with E-state index < -0.39 is 0 Å². The van der Waals surface area contributed by atoms with E-state index >= 15 is 0 Å². The van der Waals surface area contributed by atoms with Crippen LogP contribution in [-0.2, 0) is 11.2 Å². The van der Waals surface area contributed by atoms with Gasteiger partial charge in [0.05, 0.1) is 11.5 Å². The summed E-state index contributed by atoms with van der Waals surface area (Å²) in [7, 11) is 0. The van der Waals surface area contributed by atoms with Crippen molar-refractivity contribution in [3.8, 4) is 0 Å². The van der Waals surface area contributed by atoms with Crippen LogP contribution < -0.4 is 0 Å². The minimum absolute atomic E-state index is 0.225. The summed E-state index contributed by atoms with van der Waals surface area (Å²) in [6.07, 6.45) is 4.07. The first kappa shape index (κ1) is 14.0. The molecular formula is C19H22FNO2. The quantitative estimate of drug-likeness (QED) is 0.929. The molecule has 1 saturated heterocycles. The van der Waals surface area contributed by atoms with Crippen LogP contribution in [0.15, 0.2) is 24.3 Å². The molecule has 4 unspecified atom stereocenters. The Morgan fingerprint density at radius 2 is 1.74 bits per heavy atom. The Kier molecular flexibility index (Phi) is 2.77. The number of hydrogen-bond donors (Lipinski definition) is 1. The van der Waals surface area contributed by atoms with Gasteiger partial charge in [0.15, 0.2) is 0 Å². The van der Waals surface area contributed by atoms with Crippen molar-refractivity contribution in [3.05, 3.63) is 35.6 Å². The van der Waals surface area contributed by atoms with Gasteiger partial charge in [-0.05, 0) is 67.1 Å². The summed E-state index contributed by atoms with van der Waals surface area (Å²) in [6, 6.07) is 6.66. The lowest BCUT2D eigenvalue weighted by atomic mass is 9.67. The van der Waals surface area contributed by atoms with E-state index in [2.05, 4.69) is 0 Å². The van der Waals surface area contributed by atoms with Crippen LogP contribution in [0.25, 0.3) is 0 Å². The number of benzene rings is 1. The van der Waals surface area contributed by atoms with E-state index in [0.29, 0.717) is 36.8 Å². The molecule has 1 aromatic rings. The molecule has 23 heavy (non-hydrogen) atoms. The van der Waals surface area contributed by atoms with Gasteiger partial charge in [-0.3, -0.25) is 4.79 Å². The zero-order chi connectivity index (χ0) is 15.8. The maximum Gasteiger partial charge on any atom is 0.229 e. The average molecular weight is 315 g/mol. The van der Waals surface area contributed by atoms with Gasteiger partial charge in [-0.15, -0.1) is 0 Å². The van der Waals surface area contributed by atoms with Gasteiger partial charge in [0.2, 0.25) is 5.91 Å². The number of rotatable bonds is 3. The highest BCUT2D eigenvalue weighted by Gasteiger charge is 2.71. The fourth-order valence-electron chi connectivity index (χ4n) is 6.32. The summed E-state index contributed by atoms with van der Waals surface area (Å²) in [6.45, 7) is 0.970. The predicted molar refractivity (Wildman–Crippen MR) is 82.9 cm³/mol. The molecule has 0 spiro atoms. The van der Waals surface area contributed by atoms with Gasteiger partial charge in [0.25, 0.3) is 0 Å². The third-order valence-electron chi connectivity index (χ3n) is 7.14. The number of carbonyl (C=O) groups is 1. The normalized spacial score (nSPS) is 40.9. The molecule has 1 amide bonds. The highest BCUT2D eigenvalue weighted by atomic mass is 19.1. The molecule has 0 radical (unpaired) electrons. The smallest absolute Gasteiger partial charge is 0.229 e. The van der Waals surface area contributed by atoms with Crippen LogP contribution in [0.2, 0.25) is 0 Å². The van der Waals surface area contributed by atoms with Gasteiger partial charge >= 0.3 is 0 Å². The number of nitrogens with zero attached hydrogens (tertiary/aromatic N) is 1. The number of β-amino-alcohol motifs (C(OH)–C–C–N with tert-alkyl or cyclic N) is 1. The first-order valence-electron chi connectivity index (χ1n) is 8.80. The van der Waals surface area contributed by atoms with Crippen molar-refractivity contribution in [2.45, 2.75) is 31.8 Å². The molecule has 122 valence electrons. The Labute approximate surface area is 135 Å². The standard InChI is InChI=1S/C19H22FNO2/c20-14-3-1-11(2-4-14)8-19(18(23)21-9-15(22)10-21)16-6-12-5-13(16)7-17(12)19/h1-4,12-13,15-17,22H,5-10H2. The van der Waals surface area contributed by atoms with Crippen molar-refractivity contribution in [2.75, 3.05) is 13.1 Å². The van der Waals surface area contributed by atoms with Crippen LogP contribution in [0.3, 0.4) is 0 Å². The second-order valence-electron chi connectivity index (χ2n) is 8.15. The second kappa shape index (κ2) is 4.56. The number of amides is 1. The largest absolute Gasteiger partial charge is 0.389 e. The Morgan fingerprint density at radius 3 is 2.26 bits per heavy atom. The predicted octanol–water partition coefficient (Wildman–Crippen LogP) is 2.23. The molecule has 4 saturated carbocycles. The fourth-order valence-corrected chi connectivity index (χ4v) is 6.32. The van der Waals surface area contributed by atoms with Gasteiger partial charge < -0.3 is 10.0 Å². The summed E-state index contributed by atoms with van der Waals surface area (Å²) in [5.41, 5.74) is 0.782. The molecule has 4 atom stereocenters. The molecule has 5 fully saturated rings. The number of aliphatic hydroxyl groups excluding tert-OH is 1. The maximum absolute atomic E-state index is 13.3. The molecule has 1 heterocycles. The first-order chi connectivity index (χ1) is 11.1. The maximum atomic E-state index is 13.3. The van der Waals surface area contributed by atoms with Crippen LogP contribution in [0.5, 0.6) is 0 Å².